The maximum atomic E-state index is 13.4. The molecule has 1 aromatic rings. The van der Waals surface area contributed by atoms with E-state index in [4.69, 9.17) is 10.5 Å². The van der Waals surface area contributed by atoms with Crippen LogP contribution in [-0.2, 0) is 6.67 Å². The molecule has 0 aliphatic carbocycles. The number of ether oxygens (including phenoxy) is 1. The van der Waals surface area contributed by atoms with Gasteiger partial charge in [0.1, 0.15) is 6.67 Å². The summed E-state index contributed by atoms with van der Waals surface area (Å²) in [6.45, 7) is -0.366. The van der Waals surface area contributed by atoms with Crippen LogP contribution in [-0.4, -0.2) is 13.7 Å². The summed E-state index contributed by atoms with van der Waals surface area (Å²) in [5.41, 5.74) is 6.06. The minimum atomic E-state index is -0.704. The summed E-state index contributed by atoms with van der Waals surface area (Å²) >= 11 is 0. The van der Waals surface area contributed by atoms with Crippen molar-refractivity contribution in [2.75, 3.05) is 13.7 Å². The number of alkyl halides is 1. The van der Waals surface area contributed by atoms with Crippen LogP contribution >= 0.6 is 0 Å². The highest BCUT2D eigenvalue weighted by Crippen LogP contribution is 2.26. The SMILES string of the molecule is COc1c(F)cc(CF)cc1/C=C/CN. The average molecular weight is 213 g/mol. The van der Waals surface area contributed by atoms with Gasteiger partial charge >= 0.3 is 0 Å². The van der Waals surface area contributed by atoms with E-state index in [0.717, 1.165) is 6.07 Å². The lowest BCUT2D eigenvalue weighted by Crippen LogP contribution is -1.96. The van der Waals surface area contributed by atoms with E-state index in [1.807, 2.05) is 0 Å². The number of benzene rings is 1. The lowest BCUT2D eigenvalue weighted by Gasteiger charge is -2.07. The van der Waals surface area contributed by atoms with Gasteiger partial charge in [-0.05, 0) is 17.7 Å². The van der Waals surface area contributed by atoms with Crippen LogP contribution in [0.1, 0.15) is 11.1 Å². The Bertz CT molecular complexity index is 364. The molecule has 0 saturated heterocycles. The molecule has 0 aromatic heterocycles. The first-order chi connectivity index (χ1) is 7.22. The summed E-state index contributed by atoms with van der Waals surface area (Å²) in [7, 11) is 1.37. The van der Waals surface area contributed by atoms with Crippen molar-refractivity contribution in [2.45, 2.75) is 6.67 Å². The topological polar surface area (TPSA) is 35.2 Å². The van der Waals surface area contributed by atoms with E-state index in [1.54, 1.807) is 12.2 Å². The van der Waals surface area contributed by atoms with E-state index >= 15 is 0 Å². The lowest BCUT2D eigenvalue weighted by molar-refractivity contribution is 0.384. The van der Waals surface area contributed by atoms with Crippen molar-refractivity contribution in [2.24, 2.45) is 5.73 Å². The van der Waals surface area contributed by atoms with Crippen molar-refractivity contribution in [1.29, 1.82) is 0 Å². The van der Waals surface area contributed by atoms with Crippen molar-refractivity contribution < 1.29 is 13.5 Å². The predicted octanol–water partition coefficient (Wildman–Crippen LogP) is 2.28. The first-order valence-electron chi connectivity index (χ1n) is 4.52. The molecule has 0 saturated carbocycles. The zero-order valence-corrected chi connectivity index (χ0v) is 8.47. The van der Waals surface area contributed by atoms with Crippen molar-refractivity contribution in [3.05, 3.63) is 35.2 Å². The van der Waals surface area contributed by atoms with Crippen molar-refractivity contribution >= 4 is 6.08 Å². The Morgan fingerprint density at radius 1 is 1.47 bits per heavy atom. The summed E-state index contributed by atoms with van der Waals surface area (Å²) in [5.74, 6) is -0.457. The highest BCUT2D eigenvalue weighted by molar-refractivity contribution is 5.59. The van der Waals surface area contributed by atoms with Gasteiger partial charge in [0.05, 0.1) is 7.11 Å². The predicted molar refractivity (Wildman–Crippen MR) is 55.9 cm³/mol. The molecule has 4 heteroatoms. The van der Waals surface area contributed by atoms with Crippen LogP contribution in [0.3, 0.4) is 0 Å². The van der Waals surface area contributed by atoms with E-state index in [2.05, 4.69) is 0 Å². The largest absolute Gasteiger partial charge is 0.493 e. The van der Waals surface area contributed by atoms with E-state index in [9.17, 15) is 8.78 Å². The molecule has 0 heterocycles. The summed E-state index contributed by atoms with van der Waals surface area (Å²) in [4.78, 5) is 0. The summed E-state index contributed by atoms with van der Waals surface area (Å²) in [6.07, 6.45) is 3.26. The standard InChI is InChI=1S/C11H13F2NO/c1-15-11-9(3-2-4-14)5-8(7-12)6-10(11)13/h2-3,5-6H,4,7,14H2,1H3/b3-2+. The second-order valence-corrected chi connectivity index (χ2v) is 2.97. The third-order valence-corrected chi connectivity index (χ3v) is 1.92. The van der Waals surface area contributed by atoms with Gasteiger partial charge in [-0.3, -0.25) is 0 Å². The number of nitrogens with two attached hydrogens (primary N) is 1. The third-order valence-electron chi connectivity index (χ3n) is 1.92. The molecular weight excluding hydrogens is 200 g/mol. The molecule has 0 amide bonds. The second kappa shape index (κ2) is 5.46. The number of hydrogen-bond donors (Lipinski definition) is 1. The van der Waals surface area contributed by atoms with E-state index in [1.165, 1.54) is 13.2 Å². The fraction of sp³-hybridized carbons (Fsp3) is 0.273. The quantitative estimate of drug-likeness (QED) is 0.832. The fourth-order valence-corrected chi connectivity index (χ4v) is 1.28. The van der Waals surface area contributed by atoms with Crippen LogP contribution < -0.4 is 10.5 Å². The smallest absolute Gasteiger partial charge is 0.166 e. The minimum Gasteiger partial charge on any atom is -0.493 e. The molecule has 15 heavy (non-hydrogen) atoms. The second-order valence-electron chi connectivity index (χ2n) is 2.97. The zero-order chi connectivity index (χ0) is 11.3. The monoisotopic (exact) mass is 213 g/mol. The molecule has 0 atom stereocenters. The van der Waals surface area contributed by atoms with Gasteiger partial charge in [0.15, 0.2) is 11.6 Å². The average Bonchev–Trinajstić information content (AvgIpc) is 2.25. The van der Waals surface area contributed by atoms with Gasteiger partial charge in [-0.2, -0.15) is 0 Å². The van der Waals surface area contributed by atoms with Crippen LogP contribution in [0.25, 0.3) is 6.08 Å². The molecule has 0 aliphatic rings. The number of hydrogen-bond acceptors (Lipinski definition) is 2. The van der Waals surface area contributed by atoms with Crippen molar-refractivity contribution in [1.82, 2.24) is 0 Å². The van der Waals surface area contributed by atoms with E-state index in [-0.39, 0.29) is 11.3 Å². The van der Waals surface area contributed by atoms with Gasteiger partial charge in [0.2, 0.25) is 0 Å². The Morgan fingerprint density at radius 2 is 2.20 bits per heavy atom. The molecule has 2 N–H and O–H groups in total. The van der Waals surface area contributed by atoms with E-state index in [0.29, 0.717) is 12.1 Å². The van der Waals surface area contributed by atoms with E-state index < -0.39 is 12.5 Å². The molecule has 0 radical (unpaired) electrons. The van der Waals surface area contributed by atoms with Gasteiger partial charge < -0.3 is 10.5 Å². The van der Waals surface area contributed by atoms with Crippen LogP contribution in [0.15, 0.2) is 18.2 Å². The Kier molecular flexibility index (Phi) is 4.24. The maximum Gasteiger partial charge on any atom is 0.166 e. The van der Waals surface area contributed by atoms with Gasteiger partial charge in [0, 0.05) is 12.1 Å². The summed E-state index contributed by atoms with van der Waals surface area (Å²) in [5, 5.41) is 0. The van der Waals surface area contributed by atoms with Crippen LogP contribution in [0.5, 0.6) is 5.75 Å². The van der Waals surface area contributed by atoms with Crippen molar-refractivity contribution in [3.63, 3.8) is 0 Å². The summed E-state index contributed by atoms with van der Waals surface area (Å²) < 4.78 is 30.6. The molecule has 0 unspecified atom stereocenters. The molecule has 0 fully saturated rings. The Hall–Kier alpha value is -1.42. The minimum absolute atomic E-state index is 0.108. The van der Waals surface area contributed by atoms with Gasteiger partial charge in [0.25, 0.3) is 0 Å². The van der Waals surface area contributed by atoms with Crippen molar-refractivity contribution in [3.8, 4) is 5.75 Å². The van der Waals surface area contributed by atoms with Crippen LogP contribution in [0.2, 0.25) is 0 Å². The highest BCUT2D eigenvalue weighted by atomic mass is 19.1. The van der Waals surface area contributed by atoms with Gasteiger partial charge in [-0.15, -0.1) is 0 Å². The molecule has 0 bridgehead atoms. The molecule has 1 rings (SSSR count). The highest BCUT2D eigenvalue weighted by Gasteiger charge is 2.09. The lowest BCUT2D eigenvalue weighted by atomic mass is 10.1. The zero-order valence-electron chi connectivity index (χ0n) is 8.47. The van der Waals surface area contributed by atoms with Gasteiger partial charge in [-0.25, -0.2) is 8.78 Å². The molecule has 0 spiro atoms. The first kappa shape index (κ1) is 11.7. The number of methoxy groups -OCH3 is 1. The maximum absolute atomic E-state index is 13.4. The summed E-state index contributed by atoms with van der Waals surface area (Å²) in [6, 6.07) is 2.66. The molecule has 82 valence electrons. The number of rotatable bonds is 4. The molecule has 2 nitrogen and oxygen atoms in total. The Labute approximate surface area is 87.4 Å². The third kappa shape index (κ3) is 2.76. The first-order valence-corrected chi connectivity index (χ1v) is 4.52. The fourth-order valence-electron chi connectivity index (χ4n) is 1.28. The molecular formula is C11H13F2NO. The van der Waals surface area contributed by atoms with Crippen LogP contribution in [0, 0.1) is 5.82 Å². The Balaban J connectivity index is 3.19. The van der Waals surface area contributed by atoms with Crippen LogP contribution in [0.4, 0.5) is 8.78 Å². The Morgan fingerprint density at radius 3 is 2.73 bits per heavy atom. The number of halogens is 2. The normalized spacial score (nSPS) is 10.9. The molecule has 1 aromatic carbocycles. The van der Waals surface area contributed by atoms with Gasteiger partial charge in [-0.1, -0.05) is 12.2 Å². The molecule has 0 aliphatic heterocycles.